The second-order valence-corrected chi connectivity index (χ2v) is 7.64. The third-order valence-corrected chi connectivity index (χ3v) is 5.76. The van der Waals surface area contributed by atoms with Crippen LogP contribution in [0.5, 0.6) is 0 Å². The van der Waals surface area contributed by atoms with Gasteiger partial charge in [-0.3, -0.25) is 4.79 Å². The molecule has 9 heteroatoms. The summed E-state index contributed by atoms with van der Waals surface area (Å²) in [5.74, 6) is -0.412. The lowest BCUT2D eigenvalue weighted by atomic mass is 10.1. The molecule has 1 unspecified atom stereocenters. The number of carbonyl (C=O) groups excluding carboxylic acids is 1. The standard InChI is InChI=1S/C9H11ClN2O4S2/c1-5-8(18(10,14)15)17-9(11-5)12-7(13)6-2-3-16-4-6/h6H,2-4H2,1H3,(H,11,12,13). The van der Waals surface area contributed by atoms with E-state index in [0.717, 1.165) is 11.3 Å². The number of nitrogens with zero attached hydrogens (tertiary/aromatic N) is 1. The number of carbonyl (C=O) groups is 1. The maximum Gasteiger partial charge on any atom is 0.272 e. The van der Waals surface area contributed by atoms with E-state index in [1.54, 1.807) is 0 Å². The fraction of sp³-hybridized carbons (Fsp3) is 0.556. The number of hydrogen-bond acceptors (Lipinski definition) is 6. The Bertz CT molecular complexity index is 563. The predicted molar refractivity (Wildman–Crippen MR) is 67.4 cm³/mol. The van der Waals surface area contributed by atoms with E-state index in [2.05, 4.69) is 10.3 Å². The molecule has 1 saturated heterocycles. The van der Waals surface area contributed by atoms with E-state index in [1.807, 2.05) is 0 Å². The summed E-state index contributed by atoms with van der Waals surface area (Å²) in [5.41, 5.74) is 0.285. The van der Waals surface area contributed by atoms with Crippen molar-refractivity contribution >= 4 is 42.1 Å². The Morgan fingerprint density at radius 2 is 2.33 bits per heavy atom. The Labute approximate surface area is 113 Å². The first kappa shape index (κ1) is 13.7. The van der Waals surface area contributed by atoms with Gasteiger partial charge in [-0.15, -0.1) is 0 Å². The molecule has 1 aromatic heterocycles. The predicted octanol–water partition coefficient (Wildman–Crippen LogP) is 1.35. The minimum absolute atomic E-state index is 0.0397. The molecule has 1 aromatic rings. The largest absolute Gasteiger partial charge is 0.381 e. The average molecular weight is 311 g/mol. The molecule has 0 spiro atoms. The van der Waals surface area contributed by atoms with Crippen molar-refractivity contribution in [2.45, 2.75) is 17.6 Å². The van der Waals surface area contributed by atoms with Crippen molar-refractivity contribution in [1.29, 1.82) is 0 Å². The van der Waals surface area contributed by atoms with Gasteiger partial charge in [-0.2, -0.15) is 0 Å². The molecule has 0 aromatic carbocycles. The number of ether oxygens (including phenoxy) is 1. The molecular formula is C9H11ClN2O4S2. The van der Waals surface area contributed by atoms with Crippen molar-refractivity contribution in [3.63, 3.8) is 0 Å². The second kappa shape index (κ2) is 5.12. The average Bonchev–Trinajstić information content (AvgIpc) is 2.85. The minimum atomic E-state index is -3.82. The molecule has 2 heterocycles. The fourth-order valence-electron chi connectivity index (χ4n) is 1.61. The number of amides is 1. The number of aromatic nitrogens is 1. The number of anilines is 1. The first-order valence-corrected chi connectivity index (χ1v) is 8.31. The van der Waals surface area contributed by atoms with E-state index in [0.29, 0.717) is 19.6 Å². The highest BCUT2D eigenvalue weighted by atomic mass is 35.7. The second-order valence-electron chi connectivity index (χ2n) is 3.88. The number of aryl methyl sites for hydroxylation is 1. The lowest BCUT2D eigenvalue weighted by Gasteiger charge is -2.05. The number of rotatable bonds is 3. The SMILES string of the molecule is Cc1nc(NC(=O)C2CCOC2)sc1S(=O)(=O)Cl. The van der Waals surface area contributed by atoms with Gasteiger partial charge in [-0.1, -0.05) is 11.3 Å². The first-order valence-electron chi connectivity index (χ1n) is 5.18. The first-order chi connectivity index (χ1) is 8.38. The van der Waals surface area contributed by atoms with Crippen molar-refractivity contribution in [2.24, 2.45) is 5.92 Å². The van der Waals surface area contributed by atoms with Gasteiger partial charge < -0.3 is 10.1 Å². The Balaban J connectivity index is 2.13. The maximum absolute atomic E-state index is 11.8. The monoisotopic (exact) mass is 310 g/mol. The zero-order chi connectivity index (χ0) is 13.3. The molecule has 6 nitrogen and oxygen atoms in total. The van der Waals surface area contributed by atoms with E-state index in [9.17, 15) is 13.2 Å². The van der Waals surface area contributed by atoms with Crippen molar-refractivity contribution in [3.8, 4) is 0 Å². The van der Waals surface area contributed by atoms with Crippen molar-refractivity contribution in [1.82, 2.24) is 4.98 Å². The topological polar surface area (TPSA) is 85.4 Å². The van der Waals surface area contributed by atoms with Gasteiger partial charge in [0.05, 0.1) is 18.2 Å². The summed E-state index contributed by atoms with van der Waals surface area (Å²) in [7, 11) is 1.44. The van der Waals surface area contributed by atoms with Crippen molar-refractivity contribution < 1.29 is 17.9 Å². The van der Waals surface area contributed by atoms with Crippen LogP contribution in [0, 0.1) is 12.8 Å². The molecule has 0 aliphatic carbocycles. The summed E-state index contributed by atoms with van der Waals surface area (Å²) in [6, 6.07) is 0. The molecule has 100 valence electrons. The van der Waals surface area contributed by atoms with Gasteiger partial charge in [0.2, 0.25) is 5.91 Å². The Morgan fingerprint density at radius 3 is 2.83 bits per heavy atom. The summed E-state index contributed by atoms with van der Waals surface area (Å²) in [6.45, 7) is 2.48. The molecule has 1 N–H and O–H groups in total. The van der Waals surface area contributed by atoms with Crippen LogP contribution in [-0.4, -0.2) is 32.5 Å². The summed E-state index contributed by atoms with van der Waals surface area (Å²) >= 11 is 0.850. The smallest absolute Gasteiger partial charge is 0.272 e. The van der Waals surface area contributed by atoms with Crippen LogP contribution in [0.15, 0.2) is 4.21 Å². The molecular weight excluding hydrogens is 300 g/mol. The van der Waals surface area contributed by atoms with Crippen LogP contribution < -0.4 is 5.32 Å². The number of nitrogens with one attached hydrogen (secondary N) is 1. The molecule has 18 heavy (non-hydrogen) atoms. The van der Waals surface area contributed by atoms with Crippen LogP contribution in [0.1, 0.15) is 12.1 Å². The van der Waals surface area contributed by atoms with Gasteiger partial charge in [0.15, 0.2) is 9.34 Å². The molecule has 1 aliphatic heterocycles. The molecule has 0 radical (unpaired) electrons. The highest BCUT2D eigenvalue weighted by Crippen LogP contribution is 2.30. The lowest BCUT2D eigenvalue weighted by molar-refractivity contribution is -0.119. The van der Waals surface area contributed by atoms with Gasteiger partial charge in [0.25, 0.3) is 9.05 Å². The summed E-state index contributed by atoms with van der Waals surface area (Å²) in [5, 5.41) is 2.82. The van der Waals surface area contributed by atoms with E-state index < -0.39 is 9.05 Å². The van der Waals surface area contributed by atoms with E-state index in [4.69, 9.17) is 15.4 Å². The zero-order valence-corrected chi connectivity index (χ0v) is 11.9. The van der Waals surface area contributed by atoms with Crippen LogP contribution in [0.3, 0.4) is 0 Å². The molecule has 1 atom stereocenters. The van der Waals surface area contributed by atoms with Gasteiger partial charge in [-0.05, 0) is 13.3 Å². The van der Waals surface area contributed by atoms with Gasteiger partial charge in [0.1, 0.15) is 0 Å². The molecule has 2 rings (SSSR count). The van der Waals surface area contributed by atoms with Gasteiger partial charge in [-0.25, -0.2) is 13.4 Å². The Hall–Kier alpha value is -0.700. The molecule has 0 saturated carbocycles. The summed E-state index contributed by atoms with van der Waals surface area (Å²) < 4.78 is 27.5. The number of hydrogen-bond donors (Lipinski definition) is 1. The van der Waals surface area contributed by atoms with Crippen molar-refractivity contribution in [2.75, 3.05) is 18.5 Å². The van der Waals surface area contributed by atoms with Gasteiger partial charge >= 0.3 is 0 Å². The minimum Gasteiger partial charge on any atom is -0.381 e. The van der Waals surface area contributed by atoms with Crippen LogP contribution in [0.25, 0.3) is 0 Å². The normalized spacial score (nSPS) is 20.0. The molecule has 0 bridgehead atoms. The zero-order valence-electron chi connectivity index (χ0n) is 9.47. The van der Waals surface area contributed by atoms with Gasteiger partial charge in [0, 0.05) is 17.3 Å². The Morgan fingerprint density at radius 1 is 1.61 bits per heavy atom. The summed E-state index contributed by atoms with van der Waals surface area (Å²) in [6.07, 6.45) is 0.664. The number of halogens is 1. The van der Waals surface area contributed by atoms with E-state index in [-0.39, 0.29) is 26.9 Å². The van der Waals surface area contributed by atoms with Crippen LogP contribution in [0.4, 0.5) is 5.13 Å². The highest BCUT2D eigenvalue weighted by Gasteiger charge is 2.25. The third kappa shape index (κ3) is 3.00. The van der Waals surface area contributed by atoms with Crippen molar-refractivity contribution in [3.05, 3.63) is 5.69 Å². The summed E-state index contributed by atoms with van der Waals surface area (Å²) in [4.78, 5) is 15.7. The van der Waals surface area contributed by atoms with Crippen LogP contribution in [0.2, 0.25) is 0 Å². The third-order valence-electron chi connectivity index (χ3n) is 2.51. The number of thiazole rings is 1. The molecule has 1 amide bonds. The quantitative estimate of drug-likeness (QED) is 0.852. The lowest BCUT2D eigenvalue weighted by Crippen LogP contribution is -2.22. The van der Waals surface area contributed by atoms with E-state index in [1.165, 1.54) is 6.92 Å². The highest BCUT2D eigenvalue weighted by molar-refractivity contribution is 8.15. The van der Waals surface area contributed by atoms with Crippen LogP contribution >= 0.6 is 22.0 Å². The maximum atomic E-state index is 11.8. The van der Waals surface area contributed by atoms with Crippen LogP contribution in [-0.2, 0) is 18.6 Å². The fourth-order valence-corrected chi connectivity index (χ4v) is 3.97. The molecule has 1 fully saturated rings. The Kier molecular flexibility index (Phi) is 3.90. The molecule has 1 aliphatic rings. The van der Waals surface area contributed by atoms with E-state index >= 15 is 0 Å².